The van der Waals surface area contributed by atoms with Crippen LogP contribution in [0.25, 0.3) is 10.9 Å². The molecule has 0 aliphatic rings. The number of hydrogen-bond acceptors (Lipinski definition) is 8. The number of carbonyl (C=O) groups excluding carboxylic acids is 2. The van der Waals surface area contributed by atoms with E-state index in [1.165, 1.54) is 25.1 Å². The minimum atomic E-state index is -0.947. The summed E-state index contributed by atoms with van der Waals surface area (Å²) in [6, 6.07) is 12.2. The first-order valence-electron chi connectivity index (χ1n) is 10.7. The Morgan fingerprint density at radius 3 is 2.62 bits per heavy atom. The van der Waals surface area contributed by atoms with Gasteiger partial charge >= 0.3 is 5.97 Å². The highest BCUT2D eigenvalue weighted by atomic mass is 32.2. The number of benzene rings is 2. The molecule has 180 valence electrons. The van der Waals surface area contributed by atoms with Gasteiger partial charge in [-0.25, -0.2) is 4.79 Å². The average Bonchev–Trinajstić information content (AvgIpc) is 3.18. The van der Waals surface area contributed by atoms with Gasteiger partial charge in [-0.15, -0.1) is 0 Å². The van der Waals surface area contributed by atoms with E-state index in [1.54, 1.807) is 18.2 Å². The summed E-state index contributed by atoms with van der Waals surface area (Å²) >= 11 is 1.20. The van der Waals surface area contributed by atoms with Gasteiger partial charge in [-0.05, 0) is 49.0 Å². The number of esters is 1. The molecule has 1 aromatic heterocycles. The molecule has 0 saturated heterocycles. The molecule has 1 amide bonds. The number of fused-ring (bicyclic) bond motifs is 1. The zero-order valence-corrected chi connectivity index (χ0v) is 19.5. The lowest BCUT2D eigenvalue weighted by Crippen LogP contribution is -2.49. The van der Waals surface area contributed by atoms with Crippen molar-refractivity contribution >= 4 is 40.4 Å². The normalized spacial score (nSPS) is 12.8. The highest BCUT2D eigenvalue weighted by molar-refractivity contribution is 7.98. The highest BCUT2D eigenvalue weighted by Crippen LogP contribution is 2.34. The number of rotatable bonds is 11. The Labute approximate surface area is 200 Å². The summed E-state index contributed by atoms with van der Waals surface area (Å²) in [7, 11) is 1.25. The van der Waals surface area contributed by atoms with Crippen molar-refractivity contribution in [2.45, 2.75) is 36.2 Å². The number of ether oxygens (including phenoxy) is 1. The number of para-hydroxylation sites is 2. The molecule has 3 rings (SSSR count). The number of carbonyl (C=O) groups is 2. The summed E-state index contributed by atoms with van der Waals surface area (Å²) in [6.07, 6.45) is 2.96. The molecule has 0 fully saturated rings. The van der Waals surface area contributed by atoms with Crippen molar-refractivity contribution in [3.63, 3.8) is 0 Å². The van der Waals surface area contributed by atoms with Crippen molar-refractivity contribution in [1.29, 1.82) is 0 Å². The van der Waals surface area contributed by atoms with Crippen molar-refractivity contribution < 1.29 is 19.2 Å². The molecular formula is C23H27N5O5S. The first-order valence-corrected chi connectivity index (χ1v) is 11.5. The third kappa shape index (κ3) is 5.93. The van der Waals surface area contributed by atoms with Gasteiger partial charge in [0.25, 0.3) is 5.69 Å². The van der Waals surface area contributed by atoms with Crippen LogP contribution < -0.4 is 16.8 Å². The molecule has 0 bridgehead atoms. The second kappa shape index (κ2) is 11.6. The van der Waals surface area contributed by atoms with E-state index in [0.29, 0.717) is 24.3 Å². The van der Waals surface area contributed by atoms with Gasteiger partial charge in [-0.1, -0.05) is 30.3 Å². The van der Waals surface area contributed by atoms with Crippen LogP contribution in [0.3, 0.4) is 0 Å². The van der Waals surface area contributed by atoms with Crippen molar-refractivity contribution in [2.75, 3.05) is 13.7 Å². The Balaban J connectivity index is 1.91. The average molecular weight is 486 g/mol. The predicted molar refractivity (Wildman–Crippen MR) is 130 cm³/mol. The van der Waals surface area contributed by atoms with E-state index < -0.39 is 28.9 Å². The summed E-state index contributed by atoms with van der Waals surface area (Å²) in [5.74, 6) is -1.05. The first-order chi connectivity index (χ1) is 16.3. The Bertz CT molecular complexity index is 1180. The molecule has 0 aliphatic carbocycles. The smallest absolute Gasteiger partial charge is 0.328 e. The predicted octanol–water partition coefficient (Wildman–Crippen LogP) is 2.37. The molecular weight excluding hydrogens is 458 g/mol. The maximum absolute atomic E-state index is 12.5. The Morgan fingerprint density at radius 1 is 1.21 bits per heavy atom. The largest absolute Gasteiger partial charge is 0.467 e. The third-order valence-corrected chi connectivity index (χ3v) is 6.34. The summed E-state index contributed by atoms with van der Waals surface area (Å²) in [5, 5.41) is 15.0. The van der Waals surface area contributed by atoms with Crippen LogP contribution in [0, 0.1) is 10.1 Å². The van der Waals surface area contributed by atoms with Crippen LogP contribution in [0.1, 0.15) is 18.4 Å². The molecule has 0 spiro atoms. The van der Waals surface area contributed by atoms with E-state index >= 15 is 0 Å². The molecule has 2 unspecified atom stereocenters. The number of amides is 1. The van der Waals surface area contributed by atoms with Gasteiger partial charge in [0, 0.05) is 24.1 Å². The van der Waals surface area contributed by atoms with Crippen molar-refractivity contribution in [1.82, 2.24) is 9.29 Å². The molecule has 0 aliphatic heterocycles. The van der Waals surface area contributed by atoms with Crippen molar-refractivity contribution in [3.8, 4) is 0 Å². The van der Waals surface area contributed by atoms with E-state index in [0.717, 1.165) is 16.5 Å². The van der Waals surface area contributed by atoms with Gasteiger partial charge in [0.05, 0.1) is 23.6 Å². The summed E-state index contributed by atoms with van der Waals surface area (Å²) in [5.41, 5.74) is 13.0. The molecule has 0 saturated carbocycles. The fraction of sp³-hybridized carbons (Fsp3) is 0.304. The second-order valence-electron chi connectivity index (χ2n) is 7.64. The van der Waals surface area contributed by atoms with Crippen molar-refractivity contribution in [3.05, 3.63) is 70.4 Å². The lowest BCUT2D eigenvalue weighted by Gasteiger charge is -2.19. The summed E-state index contributed by atoms with van der Waals surface area (Å²) in [6.45, 7) is 0.415. The molecule has 11 heteroatoms. The Morgan fingerprint density at radius 2 is 1.91 bits per heavy atom. The van der Waals surface area contributed by atoms with E-state index in [1.807, 2.05) is 34.4 Å². The molecule has 5 N–H and O–H groups in total. The molecule has 34 heavy (non-hydrogen) atoms. The van der Waals surface area contributed by atoms with Crippen LogP contribution in [-0.4, -0.2) is 46.5 Å². The topological polar surface area (TPSA) is 156 Å². The number of methoxy groups -OCH3 is 1. The third-order valence-electron chi connectivity index (χ3n) is 5.30. The zero-order chi connectivity index (χ0) is 24.7. The van der Waals surface area contributed by atoms with E-state index in [4.69, 9.17) is 16.2 Å². The van der Waals surface area contributed by atoms with Gasteiger partial charge < -0.3 is 21.5 Å². The maximum Gasteiger partial charge on any atom is 0.328 e. The molecule has 1 heterocycles. The Kier molecular flexibility index (Phi) is 8.63. The number of nitrogens with one attached hydrogen (secondary N) is 1. The van der Waals surface area contributed by atoms with Crippen molar-refractivity contribution in [2.24, 2.45) is 11.5 Å². The lowest BCUT2D eigenvalue weighted by molar-refractivity contribution is -0.387. The number of aromatic nitrogens is 1. The lowest BCUT2D eigenvalue weighted by atomic mass is 10.0. The monoisotopic (exact) mass is 485 g/mol. The van der Waals surface area contributed by atoms with E-state index in [-0.39, 0.29) is 12.1 Å². The van der Waals surface area contributed by atoms with Crippen LogP contribution in [0.4, 0.5) is 5.69 Å². The highest BCUT2D eigenvalue weighted by Gasteiger charge is 2.26. The zero-order valence-electron chi connectivity index (χ0n) is 18.7. The number of nitrogens with zero attached hydrogens (tertiary/aromatic N) is 2. The van der Waals surface area contributed by atoms with E-state index in [9.17, 15) is 19.7 Å². The van der Waals surface area contributed by atoms with Gasteiger partial charge in [0.2, 0.25) is 5.91 Å². The van der Waals surface area contributed by atoms with Gasteiger partial charge in [0.15, 0.2) is 0 Å². The van der Waals surface area contributed by atoms with Crippen LogP contribution in [0.5, 0.6) is 0 Å². The minimum Gasteiger partial charge on any atom is -0.467 e. The van der Waals surface area contributed by atoms with Crippen LogP contribution in [-0.2, 0) is 20.7 Å². The molecule has 2 atom stereocenters. The number of nitro groups is 1. The quantitative estimate of drug-likeness (QED) is 0.212. The molecule has 10 nitrogen and oxygen atoms in total. The number of hydrogen-bond donors (Lipinski definition) is 3. The van der Waals surface area contributed by atoms with Crippen LogP contribution >= 0.6 is 11.9 Å². The number of nitrogens with two attached hydrogens (primary N) is 2. The Hall–Kier alpha value is -3.41. The van der Waals surface area contributed by atoms with Gasteiger partial charge in [0.1, 0.15) is 10.9 Å². The minimum absolute atomic E-state index is 0.00185. The van der Waals surface area contributed by atoms with Crippen LogP contribution in [0.2, 0.25) is 0 Å². The molecule has 0 radical (unpaired) electrons. The second-order valence-corrected chi connectivity index (χ2v) is 8.66. The molecule has 2 aromatic carbocycles. The van der Waals surface area contributed by atoms with Gasteiger partial charge in [-0.2, -0.15) is 0 Å². The number of nitro benzene ring substituents is 1. The van der Waals surface area contributed by atoms with Gasteiger partial charge in [-0.3, -0.25) is 18.9 Å². The van der Waals surface area contributed by atoms with E-state index in [2.05, 4.69) is 5.32 Å². The SMILES string of the molecule is COC(=O)C(Cc1cn(Sc2ccccc2[N+](=O)[O-])c2ccccc12)NC(=O)C(N)CCCN. The standard InChI is InChI=1S/C23H27N5O5S/c1-33-23(30)18(26-22(29)17(25)8-6-12-24)13-15-14-27(19-9-3-2-7-16(15)19)34-21-11-5-4-10-20(21)28(31)32/h2-5,7,9-11,14,17-18H,6,8,12-13,24-25H2,1H3,(H,26,29). The fourth-order valence-corrected chi connectivity index (χ4v) is 4.58. The molecule has 3 aromatic rings. The summed E-state index contributed by atoms with van der Waals surface area (Å²) < 4.78 is 6.72. The van der Waals surface area contributed by atoms with Crippen LogP contribution in [0.15, 0.2) is 59.6 Å². The summed E-state index contributed by atoms with van der Waals surface area (Å²) in [4.78, 5) is 36.5. The fourth-order valence-electron chi connectivity index (χ4n) is 3.55. The maximum atomic E-state index is 12.5. The first kappa shape index (κ1) is 25.2.